The maximum atomic E-state index is 14.4. The molecule has 0 unspecified atom stereocenters. The second-order valence-corrected chi connectivity index (χ2v) is 22.0. The monoisotopic (exact) mass is 1360 g/mol. The van der Waals surface area contributed by atoms with Crippen molar-refractivity contribution in [1.82, 2.24) is 29.9 Å². The Kier molecular flexibility index (Phi) is 24.4. The first-order valence-corrected chi connectivity index (χ1v) is 30.2. The predicted molar refractivity (Wildman–Crippen MR) is 362 cm³/mol. The number of amides is 3. The van der Waals surface area contributed by atoms with Crippen molar-refractivity contribution in [2.45, 2.75) is 44.5 Å². The van der Waals surface area contributed by atoms with Crippen LogP contribution in [0.5, 0.6) is 17.2 Å². The van der Waals surface area contributed by atoms with Crippen LogP contribution in [0.1, 0.15) is 26.7 Å². The van der Waals surface area contributed by atoms with Gasteiger partial charge in [-0.1, -0.05) is 37.9 Å². The Labute approximate surface area is 563 Å². The topological polar surface area (TPSA) is 303 Å². The van der Waals surface area contributed by atoms with E-state index in [1.807, 2.05) is 0 Å². The summed E-state index contributed by atoms with van der Waals surface area (Å²) in [5.74, 6) is -4.87. The molecule has 10 N–H and O–H groups in total. The Morgan fingerprint density at radius 1 is 0.465 bits per heavy atom. The molecule has 0 saturated carbocycles. The van der Waals surface area contributed by atoms with E-state index >= 15 is 0 Å². The summed E-state index contributed by atoms with van der Waals surface area (Å²) in [6.45, 7) is 15.3. The molecule has 5 heterocycles. The molecular formula is C69H65F6N15O9. The maximum Gasteiger partial charge on any atom is 0.247 e. The van der Waals surface area contributed by atoms with Crippen molar-refractivity contribution in [2.24, 2.45) is 0 Å². The van der Waals surface area contributed by atoms with E-state index in [0.29, 0.717) is 90.5 Å². The summed E-state index contributed by atoms with van der Waals surface area (Å²) >= 11 is 0. The summed E-state index contributed by atoms with van der Waals surface area (Å²) in [4.78, 5) is 58.4. The van der Waals surface area contributed by atoms with Crippen LogP contribution < -0.4 is 62.1 Å². The maximum absolute atomic E-state index is 14.4. The lowest BCUT2D eigenvalue weighted by molar-refractivity contribution is -0.112. The smallest absolute Gasteiger partial charge is 0.247 e. The third-order valence-electron chi connectivity index (χ3n) is 13.5. The number of halogens is 6. The number of carbonyl (C=O) groups is 3. The van der Waals surface area contributed by atoms with Gasteiger partial charge in [-0.2, -0.15) is 15.0 Å². The molecule has 0 radical (unpaired) electrons. The molecule has 3 aromatic heterocycles. The van der Waals surface area contributed by atoms with Crippen molar-refractivity contribution in [1.29, 1.82) is 0 Å². The highest BCUT2D eigenvalue weighted by atomic mass is 19.1. The first kappa shape index (κ1) is 71.2. The Balaban J connectivity index is 0.000000173. The van der Waals surface area contributed by atoms with Gasteiger partial charge in [-0.3, -0.25) is 14.4 Å². The fourth-order valence-corrected chi connectivity index (χ4v) is 8.82. The minimum atomic E-state index is -1.11. The molecule has 2 saturated heterocycles. The molecule has 24 nitrogen and oxygen atoms in total. The summed E-state index contributed by atoms with van der Waals surface area (Å²) in [5, 5.41) is 34.5. The lowest BCUT2D eigenvalue weighted by Crippen LogP contribution is -2.28. The van der Waals surface area contributed by atoms with E-state index in [0.717, 1.165) is 36.8 Å². The van der Waals surface area contributed by atoms with Gasteiger partial charge in [0.05, 0.1) is 50.6 Å². The minimum Gasteiger partial charge on any atom is -0.488 e. The molecule has 3 amide bonds. The number of nitrogens with zero attached hydrogens (tertiary/aromatic N) is 6. The molecule has 0 aliphatic carbocycles. The highest BCUT2D eigenvalue weighted by Crippen LogP contribution is 2.31. The molecule has 9 aromatic rings. The molecule has 2 aliphatic rings. The van der Waals surface area contributed by atoms with Gasteiger partial charge in [0.2, 0.25) is 35.6 Å². The SMILES string of the molecule is C=CC(=O)Nc1cccc(Nc2nc(Nc3ccc(OCC(C)(C)O)c(F)c3)ncc2F)c1.C=CC(=O)Nc1cccc(Nc2nc(Nc3ccc(O[C@@H]4CCOC4)c(F)c3)ncc2F)c1.C=CC(=O)Nc1cccc(Nc2nc(Nc3ccc(O[C@H]4CCOC4)c(F)c3)ncc2F)c1. The fourth-order valence-electron chi connectivity index (χ4n) is 8.82. The second kappa shape index (κ2) is 34.0. The van der Waals surface area contributed by atoms with Gasteiger partial charge in [-0.15, -0.1) is 0 Å². The normalized spacial score (nSPS) is 13.7. The molecule has 512 valence electrons. The van der Waals surface area contributed by atoms with E-state index in [1.165, 1.54) is 42.5 Å². The van der Waals surface area contributed by atoms with E-state index in [1.54, 1.807) is 98.8 Å². The molecule has 0 spiro atoms. The van der Waals surface area contributed by atoms with Gasteiger partial charge in [-0.25, -0.2) is 41.3 Å². The number of ether oxygens (including phenoxy) is 5. The Hall–Kier alpha value is -12.2. The molecule has 0 bridgehead atoms. The number of aromatic nitrogens is 6. The van der Waals surface area contributed by atoms with Crippen molar-refractivity contribution in [2.75, 3.05) is 80.9 Å². The third kappa shape index (κ3) is 21.9. The van der Waals surface area contributed by atoms with Crippen LogP contribution in [-0.2, 0) is 23.9 Å². The number of hydrogen-bond donors (Lipinski definition) is 10. The average molecular weight is 1360 g/mol. The second-order valence-electron chi connectivity index (χ2n) is 22.0. The largest absolute Gasteiger partial charge is 0.488 e. The van der Waals surface area contributed by atoms with Crippen molar-refractivity contribution in [3.05, 3.63) is 219 Å². The summed E-state index contributed by atoms with van der Waals surface area (Å²) in [6.07, 6.45) is 7.47. The van der Waals surface area contributed by atoms with E-state index in [4.69, 9.17) is 23.7 Å². The van der Waals surface area contributed by atoms with E-state index < -0.39 is 40.5 Å². The quantitative estimate of drug-likeness (QED) is 0.0188. The summed E-state index contributed by atoms with van der Waals surface area (Å²) in [7, 11) is 0. The molecule has 2 atom stereocenters. The molecule has 99 heavy (non-hydrogen) atoms. The summed E-state index contributed by atoms with van der Waals surface area (Å²) in [6, 6.07) is 32.7. The number of carbonyl (C=O) groups excluding carboxylic acids is 3. The molecule has 2 fully saturated rings. The third-order valence-corrected chi connectivity index (χ3v) is 13.5. The number of aliphatic hydroxyl groups is 1. The molecule has 2 aliphatic heterocycles. The average Bonchev–Trinajstić information content (AvgIpc) is 1.29. The van der Waals surface area contributed by atoms with E-state index in [-0.39, 0.29) is 89.1 Å². The lowest BCUT2D eigenvalue weighted by Gasteiger charge is -2.18. The van der Waals surface area contributed by atoms with Crippen LogP contribution in [0.4, 0.5) is 113 Å². The number of hydrogen-bond acceptors (Lipinski definition) is 21. The van der Waals surface area contributed by atoms with Crippen LogP contribution in [0.3, 0.4) is 0 Å². The molecule has 30 heteroatoms. The van der Waals surface area contributed by atoms with E-state index in [9.17, 15) is 45.8 Å². The van der Waals surface area contributed by atoms with Crippen molar-refractivity contribution in [3.63, 3.8) is 0 Å². The standard InChI is InChI=1S/2C23H21F2N5O3.C23H23F2N5O3/c2*1-2-21(31)27-14-4-3-5-15(10-14)28-22-19(25)12-26-23(30-22)29-16-6-7-20(18(24)11-16)33-17-8-9-32-13-17;1-4-20(31)27-14-6-5-7-15(10-14)28-21-18(25)12-26-22(30-21)29-16-8-9-19(17(24)11-16)33-13-23(2,3)32/h2*2-7,10-12,17H,1,8-9,13H2,(H,27,31)(H2,26,28,29,30);4-12,32H,1,13H2,2-3H3,(H,27,31)(H2,26,28,29,30)/t2*17-;/m10./s1. The van der Waals surface area contributed by atoms with Gasteiger partial charge in [0.25, 0.3) is 0 Å². The van der Waals surface area contributed by atoms with Gasteiger partial charge >= 0.3 is 0 Å². The zero-order chi connectivity index (χ0) is 70.4. The van der Waals surface area contributed by atoms with Gasteiger partial charge < -0.3 is 76.6 Å². The zero-order valence-electron chi connectivity index (χ0n) is 53.0. The predicted octanol–water partition coefficient (Wildman–Crippen LogP) is 13.6. The van der Waals surface area contributed by atoms with Crippen LogP contribution in [0, 0.1) is 34.9 Å². The van der Waals surface area contributed by atoms with Crippen LogP contribution in [-0.4, -0.2) is 104 Å². The number of nitrogens with one attached hydrogen (secondary N) is 9. The van der Waals surface area contributed by atoms with Crippen molar-refractivity contribution >= 4 is 104 Å². The minimum absolute atomic E-state index is 0.0199. The number of benzene rings is 6. The van der Waals surface area contributed by atoms with E-state index in [2.05, 4.69) is 97.5 Å². The first-order valence-electron chi connectivity index (χ1n) is 30.2. The zero-order valence-corrected chi connectivity index (χ0v) is 53.0. The molecular weight excluding hydrogens is 1300 g/mol. The number of rotatable bonds is 25. The van der Waals surface area contributed by atoms with Gasteiger partial charge in [-0.05, 0) is 123 Å². The highest BCUT2D eigenvalue weighted by molar-refractivity contribution is 6.00. The Morgan fingerprint density at radius 3 is 1.07 bits per heavy atom. The van der Waals surface area contributed by atoms with Crippen LogP contribution in [0.2, 0.25) is 0 Å². The van der Waals surface area contributed by atoms with Crippen LogP contribution in [0.25, 0.3) is 0 Å². The van der Waals surface area contributed by atoms with Gasteiger partial charge in [0.1, 0.15) is 18.8 Å². The fraction of sp³-hybridized carbons (Fsp3) is 0.174. The first-order chi connectivity index (χ1) is 47.6. The molecule has 11 rings (SSSR count). The van der Waals surface area contributed by atoms with Crippen LogP contribution >= 0.6 is 0 Å². The van der Waals surface area contributed by atoms with Crippen LogP contribution in [0.15, 0.2) is 184 Å². The highest BCUT2D eigenvalue weighted by Gasteiger charge is 2.22. The summed E-state index contributed by atoms with van der Waals surface area (Å²) < 4.78 is 113. The van der Waals surface area contributed by atoms with Gasteiger partial charge in [0.15, 0.2) is 69.6 Å². The van der Waals surface area contributed by atoms with Crippen molar-refractivity contribution in [3.8, 4) is 17.2 Å². The Bertz CT molecular complexity index is 4190. The van der Waals surface area contributed by atoms with Crippen molar-refractivity contribution < 1.29 is 69.5 Å². The van der Waals surface area contributed by atoms with Gasteiger partial charge in [0, 0.05) is 82.2 Å². The Morgan fingerprint density at radius 2 is 0.778 bits per heavy atom. The molecule has 6 aromatic carbocycles. The number of anilines is 15. The lowest BCUT2D eigenvalue weighted by atomic mass is 10.2. The summed E-state index contributed by atoms with van der Waals surface area (Å²) in [5.41, 5.74) is 2.89.